The summed E-state index contributed by atoms with van der Waals surface area (Å²) in [6, 6.07) is 8.18. The zero-order valence-corrected chi connectivity index (χ0v) is 13.7. The number of benzene rings is 1. The lowest BCUT2D eigenvalue weighted by Crippen LogP contribution is -2.30. The minimum absolute atomic E-state index is 0.641. The summed E-state index contributed by atoms with van der Waals surface area (Å²) in [6.07, 6.45) is 5.64. The molecule has 5 heteroatoms. The first-order valence-corrected chi connectivity index (χ1v) is 8.13. The molecule has 4 nitrogen and oxygen atoms in total. The van der Waals surface area contributed by atoms with Gasteiger partial charge in [-0.05, 0) is 65.9 Å². The molecule has 1 aliphatic heterocycles. The second-order valence-corrected chi connectivity index (χ2v) is 6.25. The van der Waals surface area contributed by atoms with Crippen LogP contribution in [0.3, 0.4) is 0 Å². The Bertz CT molecular complexity index is 623. The van der Waals surface area contributed by atoms with Gasteiger partial charge in [0.25, 0.3) is 0 Å². The van der Waals surface area contributed by atoms with Crippen LogP contribution in [-0.2, 0) is 0 Å². The van der Waals surface area contributed by atoms with E-state index in [0.29, 0.717) is 5.95 Å². The Hall–Kier alpha value is -1.62. The average molecular weight is 347 g/mol. The van der Waals surface area contributed by atoms with E-state index in [-0.39, 0.29) is 0 Å². The number of aryl methyl sites for hydroxylation is 1. The lowest BCUT2D eigenvalue weighted by atomic mass is 10.1. The van der Waals surface area contributed by atoms with Crippen LogP contribution in [0.15, 0.2) is 34.9 Å². The Kier molecular flexibility index (Phi) is 4.39. The van der Waals surface area contributed by atoms with E-state index in [0.717, 1.165) is 29.1 Å². The second kappa shape index (κ2) is 6.43. The van der Waals surface area contributed by atoms with Crippen LogP contribution in [0.2, 0.25) is 0 Å². The van der Waals surface area contributed by atoms with E-state index in [1.165, 1.54) is 24.8 Å². The van der Waals surface area contributed by atoms with Gasteiger partial charge < -0.3 is 10.2 Å². The third-order valence-corrected chi connectivity index (χ3v) is 4.35. The summed E-state index contributed by atoms with van der Waals surface area (Å²) < 4.78 is 1.02. The highest BCUT2D eigenvalue weighted by molar-refractivity contribution is 9.10. The quantitative estimate of drug-likeness (QED) is 0.900. The van der Waals surface area contributed by atoms with Gasteiger partial charge in [0, 0.05) is 23.8 Å². The van der Waals surface area contributed by atoms with Crippen molar-refractivity contribution < 1.29 is 0 Å². The van der Waals surface area contributed by atoms with E-state index < -0.39 is 0 Å². The highest BCUT2D eigenvalue weighted by atomic mass is 79.9. The predicted molar refractivity (Wildman–Crippen MR) is 90.3 cm³/mol. The fourth-order valence-electron chi connectivity index (χ4n) is 2.55. The highest BCUT2D eigenvalue weighted by Crippen LogP contribution is 2.26. The summed E-state index contributed by atoms with van der Waals surface area (Å²) in [5, 5.41) is 3.28. The van der Waals surface area contributed by atoms with Crippen molar-refractivity contribution in [2.24, 2.45) is 0 Å². The van der Waals surface area contributed by atoms with Gasteiger partial charge in [-0.1, -0.05) is 6.07 Å². The molecule has 0 saturated carbocycles. The van der Waals surface area contributed by atoms with Gasteiger partial charge in [-0.25, -0.2) is 4.98 Å². The molecular weight excluding hydrogens is 328 g/mol. The molecule has 1 saturated heterocycles. The van der Waals surface area contributed by atoms with Crippen LogP contribution in [0.25, 0.3) is 0 Å². The first-order chi connectivity index (χ1) is 10.2. The van der Waals surface area contributed by atoms with E-state index in [4.69, 9.17) is 0 Å². The third kappa shape index (κ3) is 3.53. The molecule has 0 unspecified atom stereocenters. The largest absolute Gasteiger partial charge is 0.356 e. The van der Waals surface area contributed by atoms with Crippen LogP contribution in [0.1, 0.15) is 24.8 Å². The molecule has 1 aliphatic rings. The first-order valence-electron chi connectivity index (χ1n) is 7.33. The van der Waals surface area contributed by atoms with Gasteiger partial charge in [0.05, 0.1) is 5.69 Å². The van der Waals surface area contributed by atoms with Crippen LogP contribution in [0.4, 0.5) is 17.5 Å². The summed E-state index contributed by atoms with van der Waals surface area (Å²) in [7, 11) is 0. The molecule has 21 heavy (non-hydrogen) atoms. The average Bonchev–Trinajstić information content (AvgIpc) is 2.51. The van der Waals surface area contributed by atoms with Crippen LogP contribution in [0, 0.1) is 6.92 Å². The van der Waals surface area contributed by atoms with Gasteiger partial charge in [-0.3, -0.25) is 0 Å². The molecule has 2 aromatic rings. The molecular formula is C16H19BrN4. The SMILES string of the molecule is Cc1ccc(Nc2nccc(N3CCCCC3)n2)c(Br)c1. The van der Waals surface area contributed by atoms with Crippen molar-refractivity contribution in [3.63, 3.8) is 0 Å². The van der Waals surface area contributed by atoms with Gasteiger partial charge in [-0.2, -0.15) is 4.98 Å². The molecule has 3 rings (SSSR count). The van der Waals surface area contributed by atoms with Gasteiger partial charge in [-0.15, -0.1) is 0 Å². The van der Waals surface area contributed by atoms with E-state index in [1.54, 1.807) is 0 Å². The van der Waals surface area contributed by atoms with Crippen molar-refractivity contribution in [2.45, 2.75) is 26.2 Å². The molecule has 1 aromatic carbocycles. The number of nitrogens with zero attached hydrogens (tertiary/aromatic N) is 3. The number of hydrogen-bond acceptors (Lipinski definition) is 4. The van der Waals surface area contributed by atoms with E-state index in [9.17, 15) is 0 Å². The van der Waals surface area contributed by atoms with E-state index >= 15 is 0 Å². The monoisotopic (exact) mass is 346 g/mol. The fraction of sp³-hybridized carbons (Fsp3) is 0.375. The molecule has 0 aliphatic carbocycles. The molecule has 0 radical (unpaired) electrons. The third-order valence-electron chi connectivity index (χ3n) is 3.69. The maximum Gasteiger partial charge on any atom is 0.229 e. The van der Waals surface area contributed by atoms with Crippen molar-refractivity contribution in [3.05, 3.63) is 40.5 Å². The predicted octanol–water partition coefficient (Wildman–Crippen LogP) is 4.28. The molecule has 0 spiro atoms. The molecule has 2 heterocycles. The van der Waals surface area contributed by atoms with E-state index in [1.807, 2.05) is 18.3 Å². The topological polar surface area (TPSA) is 41.1 Å². The molecule has 0 amide bonds. The molecule has 0 bridgehead atoms. The minimum Gasteiger partial charge on any atom is -0.356 e. The van der Waals surface area contributed by atoms with Crippen LogP contribution < -0.4 is 10.2 Å². The number of halogens is 1. The smallest absolute Gasteiger partial charge is 0.229 e. The standard InChI is InChI=1S/C16H19BrN4/c1-12-5-6-14(13(17)11-12)19-16-18-8-7-15(20-16)21-9-3-2-4-10-21/h5-8,11H,2-4,9-10H2,1H3,(H,18,19,20). The fourth-order valence-corrected chi connectivity index (χ4v) is 3.14. The number of aromatic nitrogens is 2. The number of rotatable bonds is 3. The van der Waals surface area contributed by atoms with Crippen LogP contribution in [-0.4, -0.2) is 23.1 Å². The van der Waals surface area contributed by atoms with Gasteiger partial charge in [0.2, 0.25) is 5.95 Å². The summed E-state index contributed by atoms with van der Waals surface area (Å²) in [5.74, 6) is 1.65. The lowest BCUT2D eigenvalue weighted by Gasteiger charge is -2.27. The Morgan fingerprint density at radius 2 is 1.95 bits per heavy atom. The maximum atomic E-state index is 4.64. The first kappa shape index (κ1) is 14.3. The van der Waals surface area contributed by atoms with Gasteiger partial charge >= 0.3 is 0 Å². The number of hydrogen-bond donors (Lipinski definition) is 1. The van der Waals surface area contributed by atoms with Crippen molar-refractivity contribution in [2.75, 3.05) is 23.3 Å². The Labute approximate surface area is 133 Å². The molecule has 1 fully saturated rings. The minimum atomic E-state index is 0.641. The van der Waals surface area contributed by atoms with E-state index in [2.05, 4.69) is 55.2 Å². The number of nitrogens with one attached hydrogen (secondary N) is 1. The van der Waals surface area contributed by atoms with Crippen LogP contribution >= 0.6 is 15.9 Å². The normalized spacial score (nSPS) is 15.0. The lowest BCUT2D eigenvalue weighted by molar-refractivity contribution is 0.573. The van der Waals surface area contributed by atoms with Gasteiger partial charge in [0.15, 0.2) is 0 Å². The molecule has 1 aromatic heterocycles. The number of piperidine rings is 1. The van der Waals surface area contributed by atoms with Crippen molar-refractivity contribution >= 4 is 33.4 Å². The van der Waals surface area contributed by atoms with Crippen molar-refractivity contribution in [1.29, 1.82) is 0 Å². The number of anilines is 3. The zero-order valence-electron chi connectivity index (χ0n) is 12.1. The van der Waals surface area contributed by atoms with Crippen molar-refractivity contribution in [1.82, 2.24) is 9.97 Å². The summed E-state index contributed by atoms with van der Waals surface area (Å²) in [6.45, 7) is 4.25. The van der Waals surface area contributed by atoms with Gasteiger partial charge in [0.1, 0.15) is 5.82 Å². The summed E-state index contributed by atoms with van der Waals surface area (Å²) in [5.41, 5.74) is 2.20. The summed E-state index contributed by atoms with van der Waals surface area (Å²) in [4.78, 5) is 11.3. The molecule has 110 valence electrons. The Morgan fingerprint density at radius 3 is 2.71 bits per heavy atom. The van der Waals surface area contributed by atoms with Crippen LogP contribution in [0.5, 0.6) is 0 Å². The highest BCUT2D eigenvalue weighted by Gasteiger charge is 2.13. The molecule has 0 atom stereocenters. The maximum absolute atomic E-state index is 4.64. The Balaban J connectivity index is 1.79. The Morgan fingerprint density at radius 1 is 1.14 bits per heavy atom. The second-order valence-electron chi connectivity index (χ2n) is 5.39. The van der Waals surface area contributed by atoms with Crippen molar-refractivity contribution in [3.8, 4) is 0 Å². The summed E-state index contributed by atoms with van der Waals surface area (Å²) >= 11 is 3.57. The zero-order chi connectivity index (χ0) is 14.7. The molecule has 1 N–H and O–H groups in total.